The summed E-state index contributed by atoms with van der Waals surface area (Å²) in [5.41, 5.74) is 13.4. The predicted octanol–water partition coefficient (Wildman–Crippen LogP) is 23.6. The molecule has 4 heterocycles. The number of nitrogens with one attached hydrogen (secondary N) is 4. The number of ether oxygens (including phenoxy) is 9. The number of aryl methyl sites for hydroxylation is 4. The number of hydrogen-bond donors (Lipinski definition) is 8. The van der Waals surface area contributed by atoms with Crippen LogP contribution in [0.25, 0.3) is 44.1 Å². The number of methoxy groups -OCH3 is 1. The maximum atomic E-state index is 13.4. The molecule has 0 amide bonds. The summed E-state index contributed by atoms with van der Waals surface area (Å²) in [6, 6.07) is 58.7. The number of imidazole rings is 4. The Labute approximate surface area is 753 Å². The normalized spacial score (nSPS) is 10.9. The maximum Gasteiger partial charge on any atom is 0.335 e. The van der Waals surface area contributed by atoms with Gasteiger partial charge in [0.1, 0.15) is 87.7 Å². The smallest absolute Gasteiger partial charge is 0.335 e. The molecule has 0 saturated carbocycles. The van der Waals surface area contributed by atoms with Crippen LogP contribution in [0.4, 0.5) is 4.39 Å². The Kier molecular flexibility index (Phi) is 29.6. The van der Waals surface area contributed by atoms with Gasteiger partial charge in [0, 0.05) is 36.7 Å². The van der Waals surface area contributed by atoms with Crippen LogP contribution in [-0.4, -0.2) is 91.3 Å². The molecule has 0 bridgehead atoms. The third kappa shape index (κ3) is 23.9. The number of hydrogen-bond acceptors (Lipinski definition) is 17. The molecule has 0 radical (unpaired) electrons. The fraction of sp³-hybridized carbons (Fsp3) is 0.140. The number of halogens is 8. The summed E-state index contributed by atoms with van der Waals surface area (Å²) in [7, 11) is 1.61. The van der Waals surface area contributed by atoms with E-state index in [-0.39, 0.29) is 92.4 Å². The van der Waals surface area contributed by atoms with Crippen LogP contribution in [0.1, 0.15) is 109 Å². The minimum absolute atomic E-state index is 0.0649. The lowest BCUT2D eigenvalue weighted by Crippen LogP contribution is -2.04. The van der Waals surface area contributed by atoms with Gasteiger partial charge >= 0.3 is 23.9 Å². The van der Waals surface area contributed by atoms with E-state index in [9.17, 15) is 44.0 Å². The van der Waals surface area contributed by atoms with Gasteiger partial charge < -0.3 is 83.0 Å². The van der Waals surface area contributed by atoms with E-state index < -0.39 is 23.9 Å². The first-order valence-corrected chi connectivity index (χ1v) is 40.8. The third-order valence-electron chi connectivity index (χ3n) is 19.0. The van der Waals surface area contributed by atoms with Crippen LogP contribution >= 0.6 is 81.2 Å². The van der Waals surface area contributed by atoms with Gasteiger partial charge in [0.25, 0.3) is 0 Å². The molecule has 0 unspecified atom stereocenters. The van der Waals surface area contributed by atoms with Crippen molar-refractivity contribution in [1.82, 2.24) is 39.9 Å². The zero-order chi connectivity index (χ0) is 89.4. The van der Waals surface area contributed by atoms with Gasteiger partial charge in [-0.2, -0.15) is 0 Å². The lowest BCUT2D eigenvalue weighted by atomic mass is 10.1. The summed E-state index contributed by atoms with van der Waals surface area (Å²) in [6.45, 7) is 8.90. The molecule has 0 aliphatic carbocycles. The number of aromatic carboxylic acids is 4. The Morgan fingerprint density at radius 2 is 0.651 bits per heavy atom. The van der Waals surface area contributed by atoms with Crippen molar-refractivity contribution in [2.75, 3.05) is 7.11 Å². The second kappa shape index (κ2) is 41.4. The molecule has 0 spiro atoms. The fourth-order valence-corrected chi connectivity index (χ4v) is 13.6. The summed E-state index contributed by atoms with van der Waals surface area (Å²) in [5.74, 6) is 1.12. The number of carbonyl (C=O) groups is 4. The number of fused-ring (bicyclic) bond motifs is 4. The number of carboxylic acids is 4. The monoisotopic (exact) mass is 1840 g/mol. The third-order valence-corrected chi connectivity index (χ3v) is 21.5. The number of nitrogens with zero attached hydrogens (tertiary/aromatic N) is 4. The van der Waals surface area contributed by atoms with Crippen molar-refractivity contribution in [2.45, 2.75) is 80.6 Å². The summed E-state index contributed by atoms with van der Waals surface area (Å²) >= 11 is 42.9. The average molecular weight is 1840 g/mol. The second-order valence-corrected chi connectivity index (χ2v) is 31.1. The average Bonchev–Trinajstić information content (AvgIpc) is 1.62. The number of rotatable bonds is 29. The highest BCUT2D eigenvalue weighted by molar-refractivity contribution is 6.42. The Morgan fingerprint density at radius 3 is 1.03 bits per heavy atom. The van der Waals surface area contributed by atoms with E-state index in [2.05, 4.69) is 39.9 Å². The van der Waals surface area contributed by atoms with E-state index in [1.54, 1.807) is 61.7 Å². The molecule has 8 N–H and O–H groups in total. The summed E-state index contributed by atoms with van der Waals surface area (Å²) < 4.78 is 65.6. The van der Waals surface area contributed by atoms with Crippen LogP contribution in [0.5, 0.6) is 51.7 Å². The summed E-state index contributed by atoms with van der Waals surface area (Å²) in [4.78, 5) is 75.8. The van der Waals surface area contributed by atoms with E-state index in [1.807, 2.05) is 119 Å². The van der Waals surface area contributed by atoms with Gasteiger partial charge in [-0.25, -0.2) is 43.5 Å². The van der Waals surface area contributed by atoms with E-state index in [0.717, 1.165) is 77.8 Å². The van der Waals surface area contributed by atoms with Crippen molar-refractivity contribution in [3.63, 3.8) is 0 Å². The molecule has 126 heavy (non-hydrogen) atoms. The Hall–Kier alpha value is -13.4. The molecule has 0 fully saturated rings. The number of aromatic nitrogens is 8. The molecule has 12 aromatic carbocycles. The van der Waals surface area contributed by atoms with E-state index >= 15 is 0 Å². The number of carboxylic acid groups (broad SMARTS) is 4. The van der Waals surface area contributed by atoms with Crippen LogP contribution in [-0.2, 0) is 52.9 Å². The minimum atomic E-state index is -1.07. The van der Waals surface area contributed by atoms with Gasteiger partial charge in [-0.1, -0.05) is 130 Å². The highest BCUT2D eigenvalue weighted by atomic mass is 35.5. The molecular weight excluding hydrogens is 1770 g/mol. The zero-order valence-corrected chi connectivity index (χ0v) is 72.6. The lowest BCUT2D eigenvalue weighted by Gasteiger charge is -2.14. The molecule has 0 aliphatic heterocycles. The van der Waals surface area contributed by atoms with Gasteiger partial charge in [0.05, 0.1) is 83.5 Å². The predicted molar refractivity (Wildman–Crippen MR) is 479 cm³/mol. The zero-order valence-electron chi connectivity index (χ0n) is 67.3. The van der Waals surface area contributed by atoms with Crippen LogP contribution < -0.4 is 42.6 Å². The number of aromatic amines is 4. The second-order valence-electron chi connectivity index (χ2n) is 28.2. The van der Waals surface area contributed by atoms with Gasteiger partial charge in [-0.15, -0.1) is 0 Å². The van der Waals surface area contributed by atoms with Crippen molar-refractivity contribution in [2.24, 2.45) is 0 Å². The summed E-state index contributed by atoms with van der Waals surface area (Å²) in [6.07, 6.45) is 0. The maximum absolute atomic E-state index is 13.4. The van der Waals surface area contributed by atoms with Crippen LogP contribution in [0.3, 0.4) is 0 Å². The molecule has 16 rings (SSSR count). The fourth-order valence-electron chi connectivity index (χ4n) is 12.2. The lowest BCUT2D eigenvalue weighted by molar-refractivity contribution is 0.0685. The van der Waals surface area contributed by atoms with E-state index in [4.69, 9.17) is 124 Å². The Morgan fingerprint density at radius 1 is 0.310 bits per heavy atom. The van der Waals surface area contributed by atoms with E-state index in [0.29, 0.717) is 110 Å². The SMILES string of the molecule is COc1ccc2nc(COc3ccc(C(=O)O)cc3OCc3ccc(C)c(Cl)c3)[nH]c2c1.Cc1ccc(COc2cc(C(=O)O)ccc2OCc2nc3cc(Cl)c(Cl)cc3[nH]2)c(Cl)c1.Cc1ccc(COc2cc(C(=O)O)ccc2OCc2nc3ccc(Cl)cc3[nH]2)cc1Cl.Cc1ccc(COc2cc(C(=O)O)ccc2OCc2nc3ccc(F)cc3[nH]2)cc1Cl. The quantitative estimate of drug-likeness (QED) is 0.0216. The van der Waals surface area contributed by atoms with Crippen molar-refractivity contribution < 1.29 is 86.6 Å². The molecule has 644 valence electrons. The highest BCUT2D eigenvalue weighted by Gasteiger charge is 2.21. The van der Waals surface area contributed by atoms with Crippen molar-refractivity contribution in [3.8, 4) is 51.7 Å². The molecular formula is C93H74Cl7FN8O17. The summed E-state index contributed by atoms with van der Waals surface area (Å²) in [5, 5.41) is 41.2. The first-order chi connectivity index (χ1) is 60.5. The molecule has 0 saturated heterocycles. The van der Waals surface area contributed by atoms with E-state index in [1.165, 1.54) is 66.7 Å². The largest absolute Gasteiger partial charge is 0.497 e. The van der Waals surface area contributed by atoms with Gasteiger partial charge in [0.2, 0.25) is 0 Å². The van der Waals surface area contributed by atoms with Crippen LogP contribution in [0.2, 0.25) is 35.2 Å². The number of H-pyrrole nitrogens is 4. The van der Waals surface area contributed by atoms with Gasteiger partial charge in [-0.05, 0) is 224 Å². The minimum Gasteiger partial charge on any atom is -0.497 e. The van der Waals surface area contributed by atoms with Crippen molar-refractivity contribution >= 4 is 149 Å². The van der Waals surface area contributed by atoms with Crippen molar-refractivity contribution in [1.29, 1.82) is 0 Å². The topological polar surface area (TPSA) is 347 Å². The molecule has 0 atom stereocenters. The molecule has 33 heteroatoms. The van der Waals surface area contributed by atoms with Gasteiger partial charge in [0.15, 0.2) is 46.0 Å². The van der Waals surface area contributed by atoms with Gasteiger partial charge in [-0.3, -0.25) is 0 Å². The molecule has 25 nitrogen and oxygen atoms in total. The molecule has 4 aromatic heterocycles. The Bertz CT molecular complexity index is 6510. The molecule has 16 aromatic rings. The van der Waals surface area contributed by atoms with Crippen LogP contribution in [0.15, 0.2) is 212 Å². The standard InChI is InChI=1S/C24H21ClN2O5.C23H17Cl3N2O4.C23H18Cl2N2O4.C23H18ClFN2O4/c1-14-3-4-15(9-18(14)25)12-31-22-10-16(24(28)29)5-8-21(22)32-13-23-26-19-7-6-17(30-2)11-20(19)27-23;1-12-2-3-14(15(24)6-12)10-31-21-7-13(23(29)30)4-5-20(21)32-11-22-27-18-8-16(25)17(26)9-19(18)28-22;1-13-2-3-14(8-17(13)25)11-30-21-9-15(23(28)29)4-7-20(21)31-12-22-26-18-6-5-16(24)10-19(18)27-22;1-13-2-3-14(8-17(13)24)11-30-21-9-15(23(28)29)4-7-20(21)31-12-22-26-18-6-5-16(25)10-19(18)27-22/h3-11H,12-13H2,1-2H3,(H,26,27)(H,28,29);2-9H,10-11H2,1H3,(H,27,28)(H,29,30);2*2-10H,11-12H2,1H3,(H,26,27)(H,28,29). The number of benzene rings is 12. The highest BCUT2D eigenvalue weighted by Crippen LogP contribution is 2.37. The van der Waals surface area contributed by atoms with Crippen molar-refractivity contribution in [3.05, 3.63) is 343 Å². The van der Waals surface area contributed by atoms with Crippen LogP contribution in [0, 0.1) is 33.5 Å². The first-order valence-electron chi connectivity index (χ1n) is 38.2. The first kappa shape index (κ1) is 90.3. The molecule has 0 aliphatic rings. The Balaban J connectivity index is 0.000000144.